The zero-order chi connectivity index (χ0) is 9.66. The number of hydrogen-bond donors (Lipinski definition) is 1. The minimum absolute atomic E-state index is 0.821. The van der Waals surface area contributed by atoms with E-state index in [1.54, 1.807) is 0 Å². The van der Waals surface area contributed by atoms with Gasteiger partial charge in [0.1, 0.15) is 0 Å². The number of halogens is 1. The Bertz CT molecular complexity index is 59.0. The average molecular weight is 305 g/mol. The fourth-order valence-electron chi connectivity index (χ4n) is 0.690. The molecule has 0 aliphatic carbocycles. The Kier molecular flexibility index (Phi) is 23.1. The van der Waals surface area contributed by atoms with Crippen molar-refractivity contribution in [3.63, 3.8) is 0 Å². The quantitative estimate of drug-likeness (QED) is 0.444. The normalized spacial score (nSPS) is 9.00. The highest BCUT2D eigenvalue weighted by Gasteiger charge is 1.88. The van der Waals surface area contributed by atoms with Crippen LogP contribution in [0.15, 0.2) is 0 Å². The summed E-state index contributed by atoms with van der Waals surface area (Å²) in [6.07, 6.45) is 4.80. The molecule has 0 fully saturated rings. The van der Waals surface area contributed by atoms with Crippen molar-refractivity contribution in [3.8, 4) is 0 Å². The van der Waals surface area contributed by atoms with Gasteiger partial charge in [0.05, 0.1) is 15.8 Å². The molecule has 0 saturated carbocycles. The lowest BCUT2D eigenvalue weighted by Crippen LogP contribution is -1.98. The second-order valence-corrected chi connectivity index (χ2v) is 3.53. The molecule has 2 N–H and O–H groups in total. The Morgan fingerprint density at radius 1 is 1.17 bits per heavy atom. The van der Waals surface area contributed by atoms with E-state index in [1.807, 2.05) is 13.8 Å². The Balaban J connectivity index is 0. The van der Waals surface area contributed by atoms with Gasteiger partial charge >= 0.3 is 0 Å². The molecule has 76 valence electrons. The van der Waals surface area contributed by atoms with Crippen LogP contribution in [0.25, 0.3) is 0 Å². The van der Waals surface area contributed by atoms with Crippen molar-refractivity contribution in [1.82, 2.24) is 0 Å². The molecular weight excluding hydrogens is 285 g/mol. The second kappa shape index (κ2) is 17.9. The molecule has 12 heavy (non-hydrogen) atoms. The van der Waals surface area contributed by atoms with E-state index in [0.717, 1.165) is 26.0 Å². The minimum Gasteiger partial charge on any atom is -0.330 e. The van der Waals surface area contributed by atoms with Crippen LogP contribution in [-0.2, 0) is 4.18 Å². The minimum atomic E-state index is 0.821. The lowest BCUT2D eigenvalue weighted by Gasteiger charge is -1.97. The lowest BCUT2D eigenvalue weighted by atomic mass is 10.2. The molecule has 0 aliphatic rings. The van der Waals surface area contributed by atoms with E-state index in [4.69, 9.17) is 9.92 Å². The fraction of sp³-hybridized carbons (Fsp3) is 1.00. The van der Waals surface area contributed by atoms with Gasteiger partial charge in [-0.15, -0.1) is 0 Å². The van der Waals surface area contributed by atoms with Gasteiger partial charge in [0.25, 0.3) is 0 Å². The van der Waals surface area contributed by atoms with E-state index in [1.165, 1.54) is 22.1 Å². The predicted molar refractivity (Wildman–Crippen MR) is 66.4 cm³/mol. The standard InChI is InChI=1S/C6H14INOS.C2H6/c7-10-9-6-4-2-1-3-5-8;1-2/h1-6,8H2;1-2H3. The summed E-state index contributed by atoms with van der Waals surface area (Å²) in [5.41, 5.74) is 5.33. The first-order valence-corrected chi connectivity index (χ1v) is 7.80. The zero-order valence-electron chi connectivity index (χ0n) is 8.01. The van der Waals surface area contributed by atoms with Gasteiger partial charge in [0.2, 0.25) is 0 Å². The molecule has 0 atom stereocenters. The number of rotatable bonds is 7. The van der Waals surface area contributed by atoms with Gasteiger partial charge < -0.3 is 9.92 Å². The first-order chi connectivity index (χ1) is 5.91. The summed E-state index contributed by atoms with van der Waals surface area (Å²) >= 11 is 2.13. The number of nitrogens with two attached hydrogens (primary N) is 1. The van der Waals surface area contributed by atoms with Gasteiger partial charge in [-0.1, -0.05) is 26.7 Å². The summed E-state index contributed by atoms with van der Waals surface area (Å²) in [6.45, 7) is 5.69. The molecule has 0 saturated heterocycles. The van der Waals surface area contributed by atoms with E-state index < -0.39 is 0 Å². The fourth-order valence-corrected chi connectivity index (χ4v) is 1.41. The largest absolute Gasteiger partial charge is 0.330 e. The first kappa shape index (κ1) is 15.5. The molecule has 2 nitrogen and oxygen atoms in total. The third-order valence-electron chi connectivity index (χ3n) is 1.23. The second-order valence-electron chi connectivity index (χ2n) is 2.09. The van der Waals surface area contributed by atoms with Crippen molar-refractivity contribution in [2.75, 3.05) is 13.2 Å². The van der Waals surface area contributed by atoms with Gasteiger partial charge in [0.15, 0.2) is 0 Å². The predicted octanol–water partition coefficient (Wildman–Crippen LogP) is 3.55. The molecule has 0 aromatic carbocycles. The van der Waals surface area contributed by atoms with Crippen LogP contribution in [0.3, 0.4) is 0 Å². The van der Waals surface area contributed by atoms with Crippen molar-refractivity contribution in [3.05, 3.63) is 0 Å². The topological polar surface area (TPSA) is 35.2 Å². The maximum absolute atomic E-state index is 5.33. The third-order valence-corrected chi connectivity index (χ3v) is 2.24. The summed E-state index contributed by atoms with van der Waals surface area (Å²) in [7, 11) is 1.41. The van der Waals surface area contributed by atoms with Gasteiger partial charge in [-0.3, -0.25) is 0 Å². The third kappa shape index (κ3) is 17.2. The van der Waals surface area contributed by atoms with Crippen molar-refractivity contribution >= 4 is 30.4 Å². The van der Waals surface area contributed by atoms with Crippen LogP contribution in [0.4, 0.5) is 0 Å². The van der Waals surface area contributed by atoms with Crippen LogP contribution >= 0.6 is 30.4 Å². The summed E-state index contributed by atoms with van der Waals surface area (Å²) < 4.78 is 5.09. The Morgan fingerprint density at radius 3 is 2.25 bits per heavy atom. The number of hydrogen-bond acceptors (Lipinski definition) is 3. The molecule has 4 heteroatoms. The SMILES string of the molecule is CC.NCCCCCCOSI. The van der Waals surface area contributed by atoms with Crippen molar-refractivity contribution in [2.24, 2.45) is 5.73 Å². The molecule has 0 aliphatic heterocycles. The molecule has 0 heterocycles. The van der Waals surface area contributed by atoms with Gasteiger partial charge in [0, 0.05) is 21.2 Å². The van der Waals surface area contributed by atoms with E-state index >= 15 is 0 Å². The highest BCUT2D eigenvalue weighted by atomic mass is 127. The van der Waals surface area contributed by atoms with Crippen molar-refractivity contribution < 1.29 is 4.18 Å². The molecule has 0 aromatic rings. The monoisotopic (exact) mass is 305 g/mol. The van der Waals surface area contributed by atoms with E-state index in [-0.39, 0.29) is 0 Å². The molecule has 0 radical (unpaired) electrons. The van der Waals surface area contributed by atoms with Crippen LogP contribution in [0.2, 0.25) is 0 Å². The van der Waals surface area contributed by atoms with Crippen LogP contribution in [0, 0.1) is 0 Å². The summed E-state index contributed by atoms with van der Waals surface area (Å²) in [6, 6.07) is 0. The van der Waals surface area contributed by atoms with E-state index in [0.29, 0.717) is 0 Å². The van der Waals surface area contributed by atoms with Crippen molar-refractivity contribution in [2.45, 2.75) is 39.5 Å². The summed E-state index contributed by atoms with van der Waals surface area (Å²) in [5, 5.41) is 0. The van der Waals surface area contributed by atoms with E-state index in [2.05, 4.69) is 21.2 Å². The smallest absolute Gasteiger partial charge is 0.0650 e. The molecule has 0 amide bonds. The van der Waals surface area contributed by atoms with Crippen LogP contribution in [-0.4, -0.2) is 13.2 Å². The Labute approximate surface area is 92.8 Å². The highest BCUT2D eigenvalue weighted by molar-refractivity contribution is 14.2. The van der Waals surface area contributed by atoms with Crippen molar-refractivity contribution in [1.29, 1.82) is 0 Å². The maximum atomic E-state index is 5.33. The number of unbranched alkanes of at least 4 members (excludes halogenated alkanes) is 3. The van der Waals surface area contributed by atoms with Gasteiger partial charge in [-0.25, -0.2) is 0 Å². The van der Waals surface area contributed by atoms with Crippen LogP contribution < -0.4 is 5.73 Å². The maximum Gasteiger partial charge on any atom is 0.0650 e. The lowest BCUT2D eigenvalue weighted by molar-refractivity contribution is 0.361. The highest BCUT2D eigenvalue weighted by Crippen LogP contribution is 2.13. The summed E-state index contributed by atoms with van der Waals surface area (Å²) in [4.78, 5) is 0. The molecule has 0 spiro atoms. The molecule has 0 bridgehead atoms. The summed E-state index contributed by atoms with van der Waals surface area (Å²) in [5.74, 6) is 0. The average Bonchev–Trinajstić information content (AvgIpc) is 2.15. The molecule has 0 aromatic heterocycles. The Hall–Kier alpha value is 1.00. The molecule has 0 rings (SSSR count). The van der Waals surface area contributed by atoms with Crippen LogP contribution in [0.1, 0.15) is 39.5 Å². The molecular formula is C8H20INOS. The Morgan fingerprint density at radius 2 is 1.75 bits per heavy atom. The van der Waals surface area contributed by atoms with Gasteiger partial charge in [-0.05, 0) is 19.4 Å². The van der Waals surface area contributed by atoms with Crippen LogP contribution in [0.5, 0.6) is 0 Å². The van der Waals surface area contributed by atoms with Gasteiger partial charge in [-0.2, -0.15) is 0 Å². The van der Waals surface area contributed by atoms with E-state index in [9.17, 15) is 0 Å². The zero-order valence-corrected chi connectivity index (χ0v) is 11.0. The molecule has 0 unspecified atom stereocenters. The first-order valence-electron chi connectivity index (χ1n) is 4.52.